The SMILES string of the molecule is COc1cc(C[C@H]2CN(Cc3cnc(NC(C)=O)s3)CCO2)ccn1. The van der Waals surface area contributed by atoms with Crippen molar-refractivity contribution in [3.8, 4) is 5.88 Å². The predicted molar refractivity (Wildman–Crippen MR) is 95.9 cm³/mol. The van der Waals surface area contributed by atoms with Gasteiger partial charge in [0.15, 0.2) is 5.13 Å². The minimum Gasteiger partial charge on any atom is -0.481 e. The number of ether oxygens (including phenoxy) is 2. The Kier molecular flexibility index (Phi) is 5.95. The van der Waals surface area contributed by atoms with Gasteiger partial charge in [0.1, 0.15) is 0 Å². The lowest BCUT2D eigenvalue weighted by atomic mass is 10.1. The minimum atomic E-state index is -0.0971. The van der Waals surface area contributed by atoms with E-state index in [0.29, 0.717) is 17.6 Å². The van der Waals surface area contributed by atoms with Crippen molar-refractivity contribution in [2.24, 2.45) is 0 Å². The highest BCUT2D eigenvalue weighted by Crippen LogP contribution is 2.21. The predicted octanol–water partition coefficient (Wildman–Crippen LogP) is 1.95. The normalized spacial score (nSPS) is 18.1. The van der Waals surface area contributed by atoms with Crippen molar-refractivity contribution < 1.29 is 14.3 Å². The van der Waals surface area contributed by atoms with Gasteiger partial charge in [-0.2, -0.15) is 0 Å². The van der Waals surface area contributed by atoms with E-state index in [9.17, 15) is 4.79 Å². The molecular formula is C17H22N4O3S. The summed E-state index contributed by atoms with van der Waals surface area (Å²) < 4.78 is 11.1. The lowest BCUT2D eigenvalue weighted by Crippen LogP contribution is -2.42. The molecule has 1 aliphatic heterocycles. The van der Waals surface area contributed by atoms with Crippen LogP contribution < -0.4 is 10.1 Å². The highest BCUT2D eigenvalue weighted by atomic mass is 32.1. The number of anilines is 1. The molecule has 1 N–H and O–H groups in total. The first-order chi connectivity index (χ1) is 12.1. The van der Waals surface area contributed by atoms with Crippen LogP contribution in [0.25, 0.3) is 0 Å². The van der Waals surface area contributed by atoms with Gasteiger partial charge >= 0.3 is 0 Å². The maximum Gasteiger partial charge on any atom is 0.223 e. The van der Waals surface area contributed by atoms with Gasteiger partial charge in [-0.1, -0.05) is 0 Å². The molecule has 7 nitrogen and oxygen atoms in total. The van der Waals surface area contributed by atoms with E-state index >= 15 is 0 Å². The average Bonchev–Trinajstić information content (AvgIpc) is 3.01. The molecule has 0 saturated carbocycles. The van der Waals surface area contributed by atoms with Crippen molar-refractivity contribution in [3.63, 3.8) is 0 Å². The summed E-state index contributed by atoms with van der Waals surface area (Å²) in [5.41, 5.74) is 1.16. The number of amides is 1. The molecule has 1 fully saturated rings. The van der Waals surface area contributed by atoms with E-state index in [1.165, 1.54) is 18.3 Å². The Morgan fingerprint density at radius 2 is 2.40 bits per heavy atom. The lowest BCUT2D eigenvalue weighted by Gasteiger charge is -2.32. The number of pyridine rings is 1. The maximum atomic E-state index is 11.1. The summed E-state index contributed by atoms with van der Waals surface area (Å²) in [5, 5.41) is 3.37. The first kappa shape index (κ1) is 17.8. The van der Waals surface area contributed by atoms with Crippen LogP contribution in [-0.4, -0.2) is 53.7 Å². The molecule has 8 heteroatoms. The van der Waals surface area contributed by atoms with Crippen LogP contribution in [0.5, 0.6) is 5.88 Å². The molecule has 134 valence electrons. The molecule has 2 aromatic rings. The Bertz CT molecular complexity index is 721. The molecule has 1 saturated heterocycles. The Morgan fingerprint density at radius 1 is 1.52 bits per heavy atom. The second-order valence-electron chi connectivity index (χ2n) is 5.95. The molecule has 2 aromatic heterocycles. The smallest absolute Gasteiger partial charge is 0.223 e. The molecule has 3 heterocycles. The molecule has 25 heavy (non-hydrogen) atoms. The molecule has 0 unspecified atom stereocenters. The summed E-state index contributed by atoms with van der Waals surface area (Å²) in [7, 11) is 1.62. The van der Waals surface area contributed by atoms with Crippen molar-refractivity contribution in [2.45, 2.75) is 26.0 Å². The topological polar surface area (TPSA) is 76.6 Å². The number of methoxy groups -OCH3 is 1. The van der Waals surface area contributed by atoms with Gasteiger partial charge in [0.25, 0.3) is 0 Å². The van der Waals surface area contributed by atoms with Crippen LogP contribution >= 0.6 is 11.3 Å². The third-order valence-corrected chi connectivity index (χ3v) is 4.81. The van der Waals surface area contributed by atoms with Crippen LogP contribution in [0, 0.1) is 0 Å². The van der Waals surface area contributed by atoms with Crippen LogP contribution in [0.15, 0.2) is 24.5 Å². The van der Waals surface area contributed by atoms with Crippen LogP contribution in [0.2, 0.25) is 0 Å². The first-order valence-electron chi connectivity index (χ1n) is 8.17. The highest BCUT2D eigenvalue weighted by Gasteiger charge is 2.21. The number of carbonyl (C=O) groups excluding carboxylic acids is 1. The number of nitrogens with one attached hydrogen (secondary N) is 1. The fourth-order valence-electron chi connectivity index (χ4n) is 2.81. The van der Waals surface area contributed by atoms with Crippen LogP contribution in [-0.2, 0) is 22.5 Å². The quantitative estimate of drug-likeness (QED) is 0.846. The lowest BCUT2D eigenvalue weighted by molar-refractivity contribution is -0.114. The van der Waals surface area contributed by atoms with E-state index in [2.05, 4.69) is 20.2 Å². The number of thiazole rings is 1. The molecule has 0 spiro atoms. The van der Waals surface area contributed by atoms with E-state index in [1.807, 2.05) is 18.3 Å². The van der Waals surface area contributed by atoms with E-state index in [0.717, 1.165) is 36.5 Å². The summed E-state index contributed by atoms with van der Waals surface area (Å²) in [4.78, 5) is 23.0. The van der Waals surface area contributed by atoms with Gasteiger partial charge in [-0.3, -0.25) is 9.69 Å². The molecule has 1 aliphatic rings. The van der Waals surface area contributed by atoms with Crippen molar-refractivity contribution in [1.29, 1.82) is 0 Å². The molecule has 1 amide bonds. The van der Waals surface area contributed by atoms with E-state index < -0.39 is 0 Å². The molecule has 0 aromatic carbocycles. The molecule has 0 aliphatic carbocycles. The fourth-order valence-corrected chi connectivity index (χ4v) is 3.71. The maximum absolute atomic E-state index is 11.1. The van der Waals surface area contributed by atoms with E-state index in [4.69, 9.17) is 9.47 Å². The number of aromatic nitrogens is 2. The van der Waals surface area contributed by atoms with Crippen LogP contribution in [0.1, 0.15) is 17.4 Å². The number of morpholine rings is 1. The van der Waals surface area contributed by atoms with Gasteiger partial charge < -0.3 is 14.8 Å². The largest absolute Gasteiger partial charge is 0.481 e. The first-order valence-corrected chi connectivity index (χ1v) is 8.99. The Morgan fingerprint density at radius 3 is 3.20 bits per heavy atom. The summed E-state index contributed by atoms with van der Waals surface area (Å²) in [5.74, 6) is 0.528. The van der Waals surface area contributed by atoms with Gasteiger partial charge in [0.2, 0.25) is 11.8 Å². The third kappa shape index (κ3) is 5.22. The number of carbonyl (C=O) groups is 1. The second kappa shape index (κ2) is 8.37. The minimum absolute atomic E-state index is 0.0971. The zero-order valence-corrected chi connectivity index (χ0v) is 15.2. The average molecular weight is 362 g/mol. The molecule has 0 bridgehead atoms. The molecule has 1 atom stereocenters. The number of hydrogen-bond acceptors (Lipinski definition) is 7. The highest BCUT2D eigenvalue weighted by molar-refractivity contribution is 7.15. The summed E-state index contributed by atoms with van der Waals surface area (Å²) >= 11 is 1.51. The Hall–Kier alpha value is -2.03. The van der Waals surface area contributed by atoms with Crippen molar-refractivity contribution >= 4 is 22.4 Å². The second-order valence-corrected chi connectivity index (χ2v) is 7.07. The standard InChI is InChI=1S/C17H22N4O3S/c1-12(22)20-17-19-9-15(25-17)11-21-5-6-24-14(10-21)7-13-3-4-18-16(8-13)23-2/h3-4,8-9,14H,5-7,10-11H2,1-2H3,(H,19,20,22)/t14-/m0/s1. The summed E-state index contributed by atoms with van der Waals surface area (Å²) in [6.45, 7) is 4.77. The third-order valence-electron chi connectivity index (χ3n) is 3.91. The number of nitrogens with zero attached hydrogens (tertiary/aromatic N) is 3. The summed E-state index contributed by atoms with van der Waals surface area (Å²) in [6, 6.07) is 3.94. The van der Waals surface area contributed by atoms with Crippen molar-refractivity contribution in [3.05, 3.63) is 35.0 Å². The van der Waals surface area contributed by atoms with Crippen molar-refractivity contribution in [1.82, 2.24) is 14.9 Å². The van der Waals surface area contributed by atoms with Crippen molar-refractivity contribution in [2.75, 3.05) is 32.1 Å². The molecular weight excluding hydrogens is 340 g/mol. The zero-order valence-electron chi connectivity index (χ0n) is 14.4. The van der Waals surface area contributed by atoms with Gasteiger partial charge in [-0.25, -0.2) is 9.97 Å². The van der Waals surface area contributed by atoms with Gasteiger partial charge in [0, 0.05) is 56.3 Å². The van der Waals surface area contributed by atoms with Crippen LogP contribution in [0.4, 0.5) is 5.13 Å². The van der Waals surface area contributed by atoms with Gasteiger partial charge in [0.05, 0.1) is 19.8 Å². The Labute approximate surface area is 151 Å². The Balaban J connectivity index is 1.55. The monoisotopic (exact) mass is 362 g/mol. The van der Waals surface area contributed by atoms with E-state index in [1.54, 1.807) is 13.3 Å². The molecule has 0 radical (unpaired) electrons. The number of rotatable bonds is 6. The van der Waals surface area contributed by atoms with Crippen LogP contribution in [0.3, 0.4) is 0 Å². The van der Waals surface area contributed by atoms with Gasteiger partial charge in [-0.15, -0.1) is 11.3 Å². The van der Waals surface area contributed by atoms with Gasteiger partial charge in [-0.05, 0) is 11.6 Å². The fraction of sp³-hybridized carbons (Fsp3) is 0.471. The summed E-state index contributed by atoms with van der Waals surface area (Å²) in [6.07, 6.45) is 4.56. The molecule has 3 rings (SSSR count). The number of hydrogen-bond donors (Lipinski definition) is 1. The van der Waals surface area contributed by atoms with E-state index in [-0.39, 0.29) is 12.0 Å². The zero-order chi connectivity index (χ0) is 17.6.